The van der Waals surface area contributed by atoms with Crippen LogP contribution in [0, 0.1) is 0 Å². The molecule has 0 aromatic heterocycles. The van der Waals surface area contributed by atoms with Crippen molar-refractivity contribution in [3.05, 3.63) is 35.9 Å². The van der Waals surface area contributed by atoms with Gasteiger partial charge in [0.15, 0.2) is 0 Å². The van der Waals surface area contributed by atoms with Gasteiger partial charge in [0, 0.05) is 7.05 Å². The predicted octanol–water partition coefficient (Wildman–Crippen LogP) is 1.56. The summed E-state index contributed by atoms with van der Waals surface area (Å²) in [7, 11) is 1.66. The molecule has 0 bridgehead atoms. The van der Waals surface area contributed by atoms with Crippen molar-refractivity contribution in [2.45, 2.75) is 25.3 Å². The number of nitrogens with one attached hydrogen (secondary N) is 1. The van der Waals surface area contributed by atoms with Crippen molar-refractivity contribution < 1.29 is 9.59 Å². The van der Waals surface area contributed by atoms with Crippen LogP contribution in [-0.4, -0.2) is 29.4 Å². The van der Waals surface area contributed by atoms with Crippen LogP contribution in [0.1, 0.15) is 18.9 Å². The fourth-order valence-electron chi connectivity index (χ4n) is 2.01. The van der Waals surface area contributed by atoms with Gasteiger partial charge in [-0.3, -0.25) is 10.1 Å². The second-order valence-electron chi connectivity index (χ2n) is 4.58. The highest BCUT2D eigenvalue weighted by atomic mass is 16.2. The number of imide groups is 1. The van der Waals surface area contributed by atoms with Crippen molar-refractivity contribution in [2.75, 3.05) is 7.05 Å². The first kappa shape index (κ1) is 11.6. The summed E-state index contributed by atoms with van der Waals surface area (Å²) in [6, 6.07) is 9.65. The second kappa shape index (κ2) is 4.20. The lowest BCUT2D eigenvalue weighted by molar-refractivity contribution is -0.125. The Kier molecular flexibility index (Phi) is 2.88. The van der Waals surface area contributed by atoms with E-state index in [9.17, 15) is 9.59 Å². The molecule has 4 heteroatoms. The fourth-order valence-corrected chi connectivity index (χ4v) is 2.01. The summed E-state index contributed by atoms with van der Waals surface area (Å²) in [5.41, 5.74) is 0.446. The molecule has 1 unspecified atom stereocenters. The van der Waals surface area contributed by atoms with E-state index >= 15 is 0 Å². The van der Waals surface area contributed by atoms with E-state index in [1.54, 1.807) is 14.0 Å². The summed E-state index contributed by atoms with van der Waals surface area (Å²) in [5.74, 6) is -0.207. The maximum absolute atomic E-state index is 11.8. The highest BCUT2D eigenvalue weighted by Gasteiger charge is 2.46. The zero-order valence-electron chi connectivity index (χ0n) is 10.1. The summed E-state index contributed by atoms with van der Waals surface area (Å²) in [4.78, 5) is 24.7. The Hall–Kier alpha value is -1.84. The molecule has 0 saturated carbocycles. The molecule has 1 heterocycles. The van der Waals surface area contributed by atoms with Crippen LogP contribution in [0.15, 0.2) is 30.3 Å². The van der Waals surface area contributed by atoms with Crippen molar-refractivity contribution in [3.63, 3.8) is 0 Å². The lowest BCUT2D eigenvalue weighted by Crippen LogP contribution is -2.45. The van der Waals surface area contributed by atoms with Crippen LogP contribution < -0.4 is 5.32 Å². The number of benzene rings is 1. The Morgan fingerprint density at radius 3 is 2.41 bits per heavy atom. The number of nitrogens with zero attached hydrogens (tertiary/aromatic N) is 1. The lowest BCUT2D eigenvalue weighted by atomic mass is 9.92. The highest BCUT2D eigenvalue weighted by molar-refractivity contribution is 6.06. The van der Waals surface area contributed by atoms with E-state index in [0.29, 0.717) is 6.42 Å². The molecule has 17 heavy (non-hydrogen) atoms. The van der Waals surface area contributed by atoms with Crippen LogP contribution in [0.25, 0.3) is 0 Å². The van der Waals surface area contributed by atoms with Gasteiger partial charge in [0.1, 0.15) is 5.54 Å². The third kappa shape index (κ3) is 2.02. The average molecular weight is 232 g/mol. The number of hydrogen-bond acceptors (Lipinski definition) is 2. The third-order valence-electron chi connectivity index (χ3n) is 3.50. The normalized spacial score (nSPS) is 24.0. The number of hydrogen-bond donors (Lipinski definition) is 1. The molecule has 90 valence electrons. The van der Waals surface area contributed by atoms with E-state index in [1.807, 2.05) is 30.3 Å². The maximum atomic E-state index is 11.8. The van der Waals surface area contributed by atoms with Gasteiger partial charge in [-0.05, 0) is 25.3 Å². The molecule has 1 atom stereocenters. The Morgan fingerprint density at radius 2 is 1.88 bits per heavy atom. The van der Waals surface area contributed by atoms with E-state index in [2.05, 4.69) is 5.32 Å². The number of urea groups is 1. The molecule has 1 aliphatic heterocycles. The molecule has 1 saturated heterocycles. The smallest absolute Gasteiger partial charge is 0.313 e. The van der Waals surface area contributed by atoms with Crippen LogP contribution in [0.4, 0.5) is 4.79 Å². The van der Waals surface area contributed by atoms with Crippen molar-refractivity contribution in [2.24, 2.45) is 0 Å². The van der Waals surface area contributed by atoms with Gasteiger partial charge in [-0.15, -0.1) is 0 Å². The Balaban J connectivity index is 2.08. The number of carbonyl (C=O) groups excluding carboxylic acids is 2. The van der Waals surface area contributed by atoms with Gasteiger partial charge in [0.2, 0.25) is 0 Å². The van der Waals surface area contributed by atoms with Gasteiger partial charge in [-0.1, -0.05) is 30.3 Å². The molecule has 3 amide bonds. The molecule has 1 aromatic rings. The van der Waals surface area contributed by atoms with Crippen molar-refractivity contribution in [1.29, 1.82) is 0 Å². The van der Waals surface area contributed by atoms with Crippen LogP contribution in [0.5, 0.6) is 0 Å². The molecule has 0 aliphatic carbocycles. The number of amides is 3. The monoisotopic (exact) mass is 232 g/mol. The number of aryl methyl sites for hydroxylation is 1. The second-order valence-corrected chi connectivity index (χ2v) is 4.58. The molecule has 4 nitrogen and oxygen atoms in total. The summed E-state index contributed by atoms with van der Waals surface area (Å²) in [6.07, 6.45) is 1.41. The first-order valence-corrected chi connectivity index (χ1v) is 5.67. The van der Waals surface area contributed by atoms with Gasteiger partial charge in [0.25, 0.3) is 5.91 Å². The largest absolute Gasteiger partial charge is 0.324 e. The number of carbonyl (C=O) groups is 2. The molecule has 1 aromatic carbocycles. The molecule has 0 spiro atoms. The quantitative estimate of drug-likeness (QED) is 0.804. The maximum Gasteiger partial charge on any atom is 0.324 e. The molecular formula is C13H16N2O2. The van der Waals surface area contributed by atoms with E-state index in [-0.39, 0.29) is 11.9 Å². The summed E-state index contributed by atoms with van der Waals surface area (Å²) in [6.45, 7) is 1.80. The van der Waals surface area contributed by atoms with Crippen molar-refractivity contribution in [3.8, 4) is 0 Å². The minimum absolute atomic E-state index is 0.207. The summed E-state index contributed by atoms with van der Waals surface area (Å²) in [5, 5.41) is 2.34. The third-order valence-corrected chi connectivity index (χ3v) is 3.50. The topological polar surface area (TPSA) is 49.4 Å². The minimum atomic E-state index is -0.729. The zero-order valence-corrected chi connectivity index (χ0v) is 10.1. The van der Waals surface area contributed by atoms with E-state index in [1.165, 1.54) is 10.5 Å². The molecule has 1 N–H and O–H groups in total. The number of rotatable bonds is 3. The zero-order chi connectivity index (χ0) is 12.5. The van der Waals surface area contributed by atoms with Crippen molar-refractivity contribution in [1.82, 2.24) is 10.2 Å². The van der Waals surface area contributed by atoms with Gasteiger partial charge < -0.3 is 4.90 Å². The van der Waals surface area contributed by atoms with Crippen molar-refractivity contribution >= 4 is 11.9 Å². The van der Waals surface area contributed by atoms with Gasteiger partial charge in [0.05, 0.1) is 0 Å². The van der Waals surface area contributed by atoms with Gasteiger partial charge in [-0.25, -0.2) is 4.79 Å². The van der Waals surface area contributed by atoms with Crippen LogP contribution in [-0.2, 0) is 11.2 Å². The Morgan fingerprint density at radius 1 is 1.24 bits per heavy atom. The van der Waals surface area contributed by atoms with E-state index < -0.39 is 5.54 Å². The molecule has 1 fully saturated rings. The SMILES string of the molecule is CN1C(=O)NC(=O)C1(C)CCc1ccccc1. The molecule has 1 aliphatic rings. The standard InChI is InChI=1S/C13H16N2O2/c1-13(11(16)14-12(17)15(13)2)9-8-10-6-4-3-5-7-10/h3-7H,8-9H2,1-2H3,(H,14,16,17). The fraction of sp³-hybridized carbons (Fsp3) is 0.385. The highest BCUT2D eigenvalue weighted by Crippen LogP contribution is 2.25. The molecular weight excluding hydrogens is 216 g/mol. The minimum Gasteiger partial charge on any atom is -0.313 e. The van der Waals surface area contributed by atoms with Gasteiger partial charge in [-0.2, -0.15) is 0 Å². The van der Waals surface area contributed by atoms with E-state index in [0.717, 1.165) is 6.42 Å². The number of likely N-dealkylation sites (N-methyl/N-ethyl adjacent to an activating group) is 1. The van der Waals surface area contributed by atoms with Crippen LogP contribution in [0.2, 0.25) is 0 Å². The predicted molar refractivity (Wildman–Crippen MR) is 64.5 cm³/mol. The van der Waals surface area contributed by atoms with Gasteiger partial charge >= 0.3 is 6.03 Å². The average Bonchev–Trinajstić information content (AvgIpc) is 2.53. The van der Waals surface area contributed by atoms with Crippen LogP contribution in [0.3, 0.4) is 0 Å². The molecule has 0 radical (unpaired) electrons. The first-order valence-electron chi connectivity index (χ1n) is 5.67. The Bertz CT molecular complexity index is 444. The first-order chi connectivity index (χ1) is 8.04. The van der Waals surface area contributed by atoms with Crippen LogP contribution >= 0.6 is 0 Å². The molecule has 2 rings (SSSR count). The van der Waals surface area contributed by atoms with E-state index in [4.69, 9.17) is 0 Å². The summed E-state index contributed by atoms with van der Waals surface area (Å²) < 4.78 is 0. The summed E-state index contributed by atoms with van der Waals surface area (Å²) >= 11 is 0. The lowest BCUT2D eigenvalue weighted by Gasteiger charge is -2.28. The Labute approximate surface area is 101 Å².